The van der Waals surface area contributed by atoms with Crippen LogP contribution in [0.25, 0.3) is 0 Å². The molecular weight excluding hydrogens is 152 g/mol. The predicted octanol–water partition coefficient (Wildman–Crippen LogP) is 0.932. The van der Waals surface area contributed by atoms with Gasteiger partial charge in [-0.25, -0.2) is 4.98 Å². The summed E-state index contributed by atoms with van der Waals surface area (Å²) in [5.74, 6) is -0.829. The van der Waals surface area contributed by atoms with Crippen molar-refractivity contribution in [2.45, 2.75) is 6.42 Å². The monoisotopic (exact) mass is 160 g/mol. The highest BCUT2D eigenvalue weighted by molar-refractivity contribution is 7.09. The summed E-state index contributed by atoms with van der Waals surface area (Å²) in [7, 11) is 0. The van der Waals surface area contributed by atoms with E-state index in [4.69, 9.17) is 5.11 Å². The Bertz CT molecular complexity index is 197. The first-order valence-corrected chi connectivity index (χ1v) is 3.27. The predicted molar refractivity (Wildman–Crippen MR) is 38.5 cm³/mol. The van der Waals surface area contributed by atoms with Crippen LogP contribution in [0.5, 0.6) is 0 Å². The molecule has 0 radical (unpaired) electrons. The maximum absolute atomic E-state index is 10.0. The number of aromatic nitrogens is 1. The van der Waals surface area contributed by atoms with Gasteiger partial charge in [0.15, 0.2) is 0 Å². The lowest BCUT2D eigenvalue weighted by molar-refractivity contribution is -0.136. The van der Waals surface area contributed by atoms with Crippen LogP contribution in [-0.2, 0) is 11.2 Å². The standard InChI is InChI=1S/C5H5NO2S.H3N/c7-5(8)3-4-6-1-2-9-4;/h1-2H,3H2,(H,7,8);1H3. The third kappa shape index (κ3) is 2.56. The summed E-state index contributed by atoms with van der Waals surface area (Å²) in [6.45, 7) is 0. The second-order valence-corrected chi connectivity index (χ2v) is 2.48. The highest BCUT2D eigenvalue weighted by atomic mass is 32.1. The van der Waals surface area contributed by atoms with Gasteiger partial charge in [0.1, 0.15) is 5.01 Å². The summed E-state index contributed by atoms with van der Waals surface area (Å²) in [4.78, 5) is 13.8. The Hall–Kier alpha value is -0.940. The first-order chi connectivity index (χ1) is 4.29. The van der Waals surface area contributed by atoms with Gasteiger partial charge in [0, 0.05) is 11.6 Å². The lowest BCUT2D eigenvalue weighted by Gasteiger charge is -1.83. The van der Waals surface area contributed by atoms with Crippen molar-refractivity contribution in [1.82, 2.24) is 11.1 Å². The molecule has 4 nitrogen and oxygen atoms in total. The molecule has 0 saturated heterocycles. The zero-order chi connectivity index (χ0) is 6.69. The molecule has 0 aromatic carbocycles. The van der Waals surface area contributed by atoms with Gasteiger partial charge in [0.25, 0.3) is 0 Å². The van der Waals surface area contributed by atoms with E-state index in [0.717, 1.165) is 0 Å². The van der Waals surface area contributed by atoms with Gasteiger partial charge in [-0.05, 0) is 0 Å². The molecule has 5 heteroatoms. The number of nitrogens with zero attached hydrogens (tertiary/aromatic N) is 1. The van der Waals surface area contributed by atoms with Crippen molar-refractivity contribution in [2.24, 2.45) is 0 Å². The second-order valence-electron chi connectivity index (χ2n) is 1.50. The first kappa shape index (κ1) is 9.06. The van der Waals surface area contributed by atoms with Crippen LogP contribution < -0.4 is 6.15 Å². The number of aliphatic carboxylic acids is 1. The van der Waals surface area contributed by atoms with Crippen molar-refractivity contribution in [3.8, 4) is 0 Å². The van der Waals surface area contributed by atoms with E-state index in [1.165, 1.54) is 11.3 Å². The third-order valence-electron chi connectivity index (χ3n) is 0.786. The molecule has 10 heavy (non-hydrogen) atoms. The summed E-state index contributed by atoms with van der Waals surface area (Å²) in [6.07, 6.45) is 1.64. The van der Waals surface area contributed by atoms with E-state index >= 15 is 0 Å². The SMILES string of the molecule is N.O=C(O)Cc1nccs1. The van der Waals surface area contributed by atoms with Gasteiger partial charge in [-0.3, -0.25) is 4.79 Å². The zero-order valence-electron chi connectivity index (χ0n) is 5.28. The number of rotatable bonds is 2. The number of carboxylic acids is 1. The van der Waals surface area contributed by atoms with Crippen LogP contribution in [0.3, 0.4) is 0 Å². The summed E-state index contributed by atoms with van der Waals surface area (Å²) in [5, 5.41) is 10.7. The molecule has 0 atom stereocenters. The van der Waals surface area contributed by atoms with Crippen molar-refractivity contribution >= 4 is 17.3 Å². The molecule has 1 aromatic heterocycles. The smallest absolute Gasteiger partial charge is 0.310 e. The van der Waals surface area contributed by atoms with Crippen molar-refractivity contribution in [3.05, 3.63) is 16.6 Å². The van der Waals surface area contributed by atoms with Crippen molar-refractivity contribution in [2.75, 3.05) is 0 Å². The van der Waals surface area contributed by atoms with Crippen LogP contribution in [0.15, 0.2) is 11.6 Å². The summed E-state index contributed by atoms with van der Waals surface area (Å²) < 4.78 is 0. The van der Waals surface area contributed by atoms with Crippen molar-refractivity contribution < 1.29 is 9.90 Å². The molecule has 1 rings (SSSR count). The second kappa shape index (κ2) is 3.97. The Morgan fingerprint density at radius 1 is 1.80 bits per heavy atom. The van der Waals surface area contributed by atoms with Gasteiger partial charge in [0.2, 0.25) is 0 Å². The highest BCUT2D eigenvalue weighted by Gasteiger charge is 2.00. The fraction of sp³-hybridized carbons (Fsp3) is 0.200. The van der Waals surface area contributed by atoms with Gasteiger partial charge in [0.05, 0.1) is 6.42 Å². The zero-order valence-corrected chi connectivity index (χ0v) is 6.10. The number of hydrogen-bond donors (Lipinski definition) is 2. The van der Waals surface area contributed by atoms with E-state index < -0.39 is 5.97 Å². The van der Waals surface area contributed by atoms with Gasteiger partial charge < -0.3 is 11.3 Å². The van der Waals surface area contributed by atoms with E-state index in [-0.39, 0.29) is 12.6 Å². The van der Waals surface area contributed by atoms with E-state index in [0.29, 0.717) is 5.01 Å². The van der Waals surface area contributed by atoms with Gasteiger partial charge in [-0.2, -0.15) is 0 Å². The lowest BCUT2D eigenvalue weighted by atomic mass is 10.5. The first-order valence-electron chi connectivity index (χ1n) is 2.39. The molecule has 0 bridgehead atoms. The fourth-order valence-corrected chi connectivity index (χ4v) is 1.08. The van der Waals surface area contributed by atoms with Gasteiger partial charge >= 0.3 is 5.97 Å². The van der Waals surface area contributed by atoms with Crippen molar-refractivity contribution in [1.29, 1.82) is 0 Å². The molecule has 0 saturated carbocycles. The number of carbonyl (C=O) groups is 1. The Kier molecular flexibility index (Phi) is 3.60. The molecular formula is C5H8N2O2S. The third-order valence-corrected chi connectivity index (χ3v) is 1.57. The minimum Gasteiger partial charge on any atom is -0.481 e. The van der Waals surface area contributed by atoms with Gasteiger partial charge in [-0.1, -0.05) is 0 Å². The average Bonchev–Trinajstić information content (AvgIpc) is 2.15. The molecule has 1 aromatic rings. The molecule has 0 aliphatic carbocycles. The van der Waals surface area contributed by atoms with Crippen LogP contribution in [0.2, 0.25) is 0 Å². The molecule has 1 heterocycles. The summed E-state index contributed by atoms with van der Waals surface area (Å²) in [6, 6.07) is 0. The Labute approximate surface area is 62.1 Å². The Morgan fingerprint density at radius 3 is 2.90 bits per heavy atom. The minimum absolute atomic E-state index is 0. The van der Waals surface area contributed by atoms with Crippen LogP contribution in [0, 0.1) is 0 Å². The van der Waals surface area contributed by atoms with Crippen LogP contribution in [0.4, 0.5) is 0 Å². The maximum atomic E-state index is 10.0. The minimum atomic E-state index is -0.829. The lowest BCUT2D eigenvalue weighted by Crippen LogP contribution is -1.98. The quantitative estimate of drug-likeness (QED) is 0.674. The average molecular weight is 160 g/mol. The molecule has 0 fully saturated rings. The largest absolute Gasteiger partial charge is 0.481 e. The topological polar surface area (TPSA) is 85.2 Å². The Balaban J connectivity index is 0.000000810. The molecule has 4 N–H and O–H groups in total. The molecule has 0 aliphatic heterocycles. The van der Waals surface area contributed by atoms with E-state index in [1.54, 1.807) is 11.6 Å². The molecule has 0 unspecified atom stereocenters. The van der Waals surface area contributed by atoms with Gasteiger partial charge in [-0.15, -0.1) is 11.3 Å². The van der Waals surface area contributed by atoms with Crippen LogP contribution in [-0.4, -0.2) is 16.1 Å². The number of hydrogen-bond acceptors (Lipinski definition) is 4. The highest BCUT2D eigenvalue weighted by Crippen LogP contribution is 2.03. The van der Waals surface area contributed by atoms with Crippen molar-refractivity contribution in [3.63, 3.8) is 0 Å². The normalized spacial score (nSPS) is 8.40. The summed E-state index contributed by atoms with van der Waals surface area (Å²) >= 11 is 1.36. The Morgan fingerprint density at radius 2 is 2.50 bits per heavy atom. The molecule has 56 valence electrons. The van der Waals surface area contributed by atoms with Crippen LogP contribution in [0.1, 0.15) is 5.01 Å². The van der Waals surface area contributed by atoms with E-state index in [2.05, 4.69) is 4.98 Å². The molecule has 0 amide bonds. The molecule has 0 aliphatic rings. The van der Waals surface area contributed by atoms with Crippen LogP contribution >= 0.6 is 11.3 Å². The maximum Gasteiger partial charge on any atom is 0.310 e. The molecule has 0 spiro atoms. The summed E-state index contributed by atoms with van der Waals surface area (Å²) in [5.41, 5.74) is 0. The van der Waals surface area contributed by atoms with E-state index in [9.17, 15) is 4.79 Å². The number of carboxylic acid groups (broad SMARTS) is 1. The van der Waals surface area contributed by atoms with E-state index in [1.807, 2.05) is 0 Å². The number of thiazole rings is 1. The fourth-order valence-electron chi connectivity index (χ4n) is 0.470.